The monoisotopic (exact) mass is 151 g/mol. The summed E-state index contributed by atoms with van der Waals surface area (Å²) in [6.45, 7) is 0. The van der Waals surface area contributed by atoms with Crippen LogP contribution in [-0.2, 0) is 0 Å². The minimum absolute atomic E-state index is 0.146. The van der Waals surface area contributed by atoms with Crippen LogP contribution >= 0.6 is 0 Å². The van der Waals surface area contributed by atoms with Gasteiger partial charge in [0.1, 0.15) is 5.75 Å². The second kappa shape index (κ2) is 4.96. The van der Waals surface area contributed by atoms with Gasteiger partial charge in [0.05, 0.1) is 5.69 Å². The van der Waals surface area contributed by atoms with Crippen LogP contribution in [0.2, 0.25) is 0 Å². The molecule has 58 valence electrons. The van der Waals surface area contributed by atoms with Gasteiger partial charge in [-0.2, -0.15) is 0 Å². The molecular formula is C6H7N4O-. The maximum atomic E-state index is 8.79. The third-order valence-corrected chi connectivity index (χ3v) is 0.937. The number of nitrogen functional groups attached to an aromatic ring is 1. The molecule has 5 nitrogen and oxygen atoms in total. The molecule has 0 aliphatic heterocycles. The molecule has 0 aliphatic rings. The highest BCUT2D eigenvalue weighted by molar-refractivity contribution is 5.50. The zero-order valence-corrected chi connectivity index (χ0v) is 5.68. The summed E-state index contributed by atoms with van der Waals surface area (Å²) in [6, 6.07) is 6.70. The lowest BCUT2D eigenvalue weighted by Gasteiger charge is -1.92. The molecular weight excluding hydrogens is 144 g/mol. The predicted octanol–water partition coefficient (Wildman–Crippen LogP) is 1.84. The van der Waals surface area contributed by atoms with Gasteiger partial charge in [0.15, 0.2) is 0 Å². The van der Waals surface area contributed by atoms with Crippen LogP contribution < -0.4 is 5.73 Å². The first-order valence-electron chi connectivity index (χ1n) is 2.74. The average Bonchev–Trinajstić information content (AvgIpc) is 1.97. The fourth-order valence-corrected chi connectivity index (χ4v) is 0.488. The summed E-state index contributed by atoms with van der Waals surface area (Å²) in [7, 11) is 0. The number of phenolic OH excluding ortho intramolecular Hbond substituents is 1. The number of rotatable bonds is 0. The Kier molecular flexibility index (Phi) is 4.12. The normalized spacial score (nSPS) is 7.27. The van der Waals surface area contributed by atoms with E-state index in [2.05, 4.69) is 0 Å². The topological polar surface area (TPSA) is 105 Å². The van der Waals surface area contributed by atoms with Gasteiger partial charge in [-0.25, -0.2) is 0 Å². The highest BCUT2D eigenvalue weighted by atomic mass is 16.3. The summed E-state index contributed by atoms with van der Waals surface area (Å²) in [5.41, 5.74) is 19.2. The van der Waals surface area contributed by atoms with Crippen molar-refractivity contribution in [1.29, 1.82) is 0 Å². The predicted molar refractivity (Wildman–Crippen MR) is 42.6 cm³/mol. The molecule has 0 aromatic heterocycles. The van der Waals surface area contributed by atoms with E-state index in [0.29, 0.717) is 5.69 Å². The number of nitrogens with two attached hydrogens (primary N) is 1. The van der Waals surface area contributed by atoms with Crippen LogP contribution in [0.25, 0.3) is 16.0 Å². The molecule has 1 aromatic rings. The maximum absolute atomic E-state index is 8.79. The summed E-state index contributed by atoms with van der Waals surface area (Å²) in [4.78, 5) is 1.50. The van der Waals surface area contributed by atoms with E-state index in [9.17, 15) is 0 Å². The van der Waals surface area contributed by atoms with Crippen molar-refractivity contribution in [3.05, 3.63) is 40.2 Å². The Bertz CT molecular complexity index is 234. The van der Waals surface area contributed by atoms with Crippen LogP contribution in [0.1, 0.15) is 0 Å². The Hall–Kier alpha value is -1.87. The molecule has 0 atom stereocenters. The van der Waals surface area contributed by atoms with Crippen molar-refractivity contribution >= 4 is 5.69 Å². The number of hydrogen-bond donors (Lipinski definition) is 2. The largest absolute Gasteiger partial charge is 0.506 e. The van der Waals surface area contributed by atoms with Gasteiger partial charge >= 0.3 is 0 Å². The lowest BCUT2D eigenvalue weighted by molar-refractivity contribution is 0.478. The Morgan fingerprint density at radius 3 is 2.00 bits per heavy atom. The van der Waals surface area contributed by atoms with Crippen LogP contribution in [0.4, 0.5) is 5.69 Å². The zero-order chi connectivity index (χ0) is 8.69. The van der Waals surface area contributed by atoms with E-state index in [1.165, 1.54) is 4.91 Å². The molecule has 1 aromatic carbocycles. The van der Waals surface area contributed by atoms with E-state index in [1.807, 2.05) is 0 Å². The summed E-state index contributed by atoms with van der Waals surface area (Å²) >= 11 is 0. The van der Waals surface area contributed by atoms with Crippen LogP contribution in [0.3, 0.4) is 0 Å². The fraction of sp³-hybridized carbons (Fsp3) is 0. The lowest BCUT2D eigenvalue weighted by Crippen LogP contribution is -1.82. The number of anilines is 1. The summed E-state index contributed by atoms with van der Waals surface area (Å²) in [5, 5.41) is 8.79. The van der Waals surface area contributed by atoms with Crippen LogP contribution in [0.15, 0.2) is 24.3 Å². The van der Waals surface area contributed by atoms with Gasteiger partial charge in [0, 0.05) is 0 Å². The number of para-hydroxylation sites is 2. The third-order valence-electron chi connectivity index (χ3n) is 0.937. The fourth-order valence-electron chi connectivity index (χ4n) is 0.488. The first kappa shape index (κ1) is 9.13. The first-order chi connectivity index (χ1) is 5.22. The number of phenols is 1. The molecule has 3 N–H and O–H groups in total. The molecule has 0 amide bonds. The first-order valence-corrected chi connectivity index (χ1v) is 2.74. The molecule has 0 fully saturated rings. The molecule has 5 heteroatoms. The Morgan fingerprint density at radius 2 is 1.73 bits per heavy atom. The van der Waals surface area contributed by atoms with E-state index < -0.39 is 0 Å². The van der Waals surface area contributed by atoms with Crippen molar-refractivity contribution in [2.24, 2.45) is 0 Å². The lowest BCUT2D eigenvalue weighted by atomic mass is 10.3. The second-order valence-electron chi connectivity index (χ2n) is 1.65. The van der Waals surface area contributed by atoms with Gasteiger partial charge in [-0.05, 0) is 12.1 Å². The van der Waals surface area contributed by atoms with Crippen LogP contribution in [0.5, 0.6) is 5.75 Å². The highest BCUT2D eigenvalue weighted by Crippen LogP contribution is 2.16. The van der Waals surface area contributed by atoms with E-state index in [0.717, 1.165) is 0 Å². The standard InChI is InChI=1S/C6H7NO.N3/c7-5-3-1-2-4-6(5)8;1-3-2/h1-4,8H,7H2;/q;-1. The van der Waals surface area contributed by atoms with Gasteiger partial charge in [-0.3, -0.25) is 4.91 Å². The average molecular weight is 151 g/mol. The quantitative estimate of drug-likeness (QED) is 0.194. The van der Waals surface area contributed by atoms with Crippen LogP contribution in [-0.4, -0.2) is 5.11 Å². The Morgan fingerprint density at radius 1 is 1.27 bits per heavy atom. The second-order valence-corrected chi connectivity index (χ2v) is 1.65. The molecule has 0 saturated heterocycles. The van der Waals surface area contributed by atoms with Gasteiger partial charge in [0.25, 0.3) is 0 Å². The number of nitrogens with zero attached hydrogens (tertiary/aromatic N) is 3. The minimum Gasteiger partial charge on any atom is -0.506 e. The van der Waals surface area contributed by atoms with Crippen molar-refractivity contribution in [2.75, 3.05) is 5.73 Å². The molecule has 0 saturated carbocycles. The summed E-state index contributed by atoms with van der Waals surface area (Å²) < 4.78 is 0. The van der Waals surface area contributed by atoms with Crippen LogP contribution in [0, 0.1) is 0 Å². The number of benzene rings is 1. The van der Waals surface area contributed by atoms with Crippen molar-refractivity contribution in [1.82, 2.24) is 0 Å². The smallest absolute Gasteiger partial charge is 0.138 e. The molecule has 0 radical (unpaired) electrons. The van der Waals surface area contributed by atoms with E-state index in [4.69, 9.17) is 21.9 Å². The zero-order valence-electron chi connectivity index (χ0n) is 5.68. The highest BCUT2D eigenvalue weighted by Gasteiger charge is 1.87. The maximum Gasteiger partial charge on any atom is 0.138 e. The van der Waals surface area contributed by atoms with Gasteiger partial charge in [-0.1, -0.05) is 12.1 Å². The van der Waals surface area contributed by atoms with Gasteiger partial charge in [0.2, 0.25) is 0 Å². The molecule has 1 rings (SSSR count). The number of hydrogen-bond acceptors (Lipinski definition) is 2. The van der Waals surface area contributed by atoms with Crippen molar-refractivity contribution < 1.29 is 5.11 Å². The Balaban J connectivity index is 0.000000292. The third kappa shape index (κ3) is 3.66. The van der Waals surface area contributed by atoms with E-state index in [-0.39, 0.29) is 5.75 Å². The molecule has 0 spiro atoms. The Labute approximate surface area is 63.5 Å². The number of aromatic hydroxyl groups is 1. The van der Waals surface area contributed by atoms with Crippen molar-refractivity contribution in [2.45, 2.75) is 0 Å². The van der Waals surface area contributed by atoms with Crippen molar-refractivity contribution in [3.8, 4) is 5.75 Å². The summed E-state index contributed by atoms with van der Waals surface area (Å²) in [6.07, 6.45) is 0. The molecule has 11 heavy (non-hydrogen) atoms. The van der Waals surface area contributed by atoms with E-state index in [1.54, 1.807) is 24.3 Å². The summed E-state index contributed by atoms with van der Waals surface area (Å²) in [5.74, 6) is 0.146. The van der Waals surface area contributed by atoms with Gasteiger partial charge < -0.3 is 21.9 Å². The minimum atomic E-state index is 0.146. The molecule has 0 bridgehead atoms. The molecule has 0 heterocycles. The van der Waals surface area contributed by atoms with E-state index >= 15 is 0 Å². The SMILES string of the molecule is Nc1ccccc1O.[N-]=[N+]=[N-]. The molecule has 0 unspecified atom stereocenters. The molecule has 0 aliphatic carbocycles. The van der Waals surface area contributed by atoms with Crippen molar-refractivity contribution in [3.63, 3.8) is 0 Å². The van der Waals surface area contributed by atoms with Gasteiger partial charge in [-0.15, -0.1) is 0 Å².